The van der Waals surface area contributed by atoms with Crippen LogP contribution in [0.3, 0.4) is 0 Å². The van der Waals surface area contributed by atoms with E-state index in [-0.39, 0.29) is 11.1 Å². The predicted octanol–water partition coefficient (Wildman–Crippen LogP) is 2.23. The van der Waals surface area contributed by atoms with Gasteiger partial charge in [0.2, 0.25) is 0 Å². The fraction of sp³-hybridized carbons (Fsp3) is 0.889. The average Bonchev–Trinajstić information content (AvgIpc) is 1.82. The van der Waals surface area contributed by atoms with Gasteiger partial charge in [0.05, 0.1) is 0 Å². The molecule has 1 radical (unpaired) electrons. The van der Waals surface area contributed by atoms with Gasteiger partial charge in [0.25, 0.3) is 0 Å². The number of nitrogens with zero attached hydrogens (tertiary/aromatic N) is 1. The summed E-state index contributed by atoms with van der Waals surface area (Å²) in [6.07, 6.45) is 4.29. The van der Waals surface area contributed by atoms with E-state index < -0.39 is 0 Å². The van der Waals surface area contributed by atoms with Gasteiger partial charge in [-0.15, -0.1) is 0 Å². The van der Waals surface area contributed by atoms with Crippen molar-refractivity contribution in [2.24, 2.45) is 0 Å². The molecule has 1 fully saturated rings. The third-order valence-corrected chi connectivity index (χ3v) is 2.52. The Morgan fingerprint density at radius 1 is 1.27 bits per heavy atom. The van der Waals surface area contributed by atoms with E-state index in [2.05, 4.69) is 20.3 Å². The van der Waals surface area contributed by atoms with Crippen molar-refractivity contribution in [1.29, 1.82) is 0 Å². The molecule has 0 aromatic rings. The molecule has 0 amide bonds. The molecule has 0 aromatic heterocycles. The lowest BCUT2D eigenvalue weighted by molar-refractivity contribution is -0.226. The van der Waals surface area contributed by atoms with Crippen LogP contribution in [-0.2, 0) is 0 Å². The van der Waals surface area contributed by atoms with Gasteiger partial charge >= 0.3 is 0 Å². The number of hydrogen-bond donors (Lipinski definition) is 1. The lowest BCUT2D eigenvalue weighted by atomic mass is 9.82. The van der Waals surface area contributed by atoms with Gasteiger partial charge in [0.15, 0.2) is 0 Å². The van der Waals surface area contributed by atoms with Gasteiger partial charge in [-0.2, -0.15) is 5.06 Å². The Morgan fingerprint density at radius 3 is 2.18 bits per heavy atom. The quantitative estimate of drug-likeness (QED) is 0.581. The molecule has 1 rings (SSSR count). The van der Waals surface area contributed by atoms with Gasteiger partial charge in [0, 0.05) is 11.1 Å². The van der Waals surface area contributed by atoms with Crippen molar-refractivity contribution in [3.05, 3.63) is 6.42 Å². The van der Waals surface area contributed by atoms with E-state index in [1.54, 1.807) is 0 Å². The third kappa shape index (κ3) is 1.57. The second-order valence-corrected chi connectivity index (χ2v) is 4.52. The molecule has 0 spiro atoms. The van der Waals surface area contributed by atoms with Crippen molar-refractivity contribution < 1.29 is 5.21 Å². The maximum absolute atomic E-state index is 9.77. The molecule has 0 aliphatic carbocycles. The van der Waals surface area contributed by atoms with Crippen molar-refractivity contribution in [3.63, 3.8) is 0 Å². The fourth-order valence-corrected chi connectivity index (χ4v) is 1.75. The smallest absolute Gasteiger partial charge is 0.0441 e. The van der Waals surface area contributed by atoms with Gasteiger partial charge in [-0.1, -0.05) is 0 Å². The summed E-state index contributed by atoms with van der Waals surface area (Å²) in [5, 5.41) is 11.2. The molecule has 1 N–H and O–H groups in total. The molecule has 0 aromatic carbocycles. The minimum Gasteiger partial charge on any atom is -0.313 e. The molecule has 0 atom stereocenters. The number of hydroxylamine groups is 2. The van der Waals surface area contributed by atoms with E-state index in [4.69, 9.17) is 0 Å². The average molecular weight is 156 g/mol. The van der Waals surface area contributed by atoms with Crippen molar-refractivity contribution in [2.45, 2.75) is 51.6 Å². The van der Waals surface area contributed by atoms with Gasteiger partial charge in [-0.05, 0) is 47.0 Å². The monoisotopic (exact) mass is 156 g/mol. The second kappa shape index (κ2) is 2.46. The summed E-state index contributed by atoms with van der Waals surface area (Å²) in [5.74, 6) is 0. The highest BCUT2D eigenvalue weighted by Crippen LogP contribution is 2.35. The standard InChI is InChI=1S/C9H18NO/c1-8(2)6-5-7-9(3,4)10(8)11/h6,11H,5,7H2,1-4H3. The third-order valence-electron chi connectivity index (χ3n) is 2.52. The molecule has 0 bridgehead atoms. The van der Waals surface area contributed by atoms with E-state index in [1.165, 1.54) is 5.06 Å². The maximum atomic E-state index is 9.77. The first-order valence-electron chi connectivity index (χ1n) is 4.20. The Hall–Kier alpha value is -0.0800. The van der Waals surface area contributed by atoms with Gasteiger partial charge in [0.1, 0.15) is 0 Å². The van der Waals surface area contributed by atoms with E-state index in [1.807, 2.05) is 13.8 Å². The molecular formula is C9H18NO. The van der Waals surface area contributed by atoms with Gasteiger partial charge in [-0.25, -0.2) is 0 Å². The van der Waals surface area contributed by atoms with Crippen molar-refractivity contribution in [1.82, 2.24) is 5.06 Å². The Morgan fingerprint density at radius 2 is 1.82 bits per heavy atom. The fourth-order valence-electron chi connectivity index (χ4n) is 1.75. The molecule has 1 heterocycles. The van der Waals surface area contributed by atoms with E-state index in [0.29, 0.717) is 0 Å². The van der Waals surface area contributed by atoms with E-state index >= 15 is 0 Å². The highest BCUT2D eigenvalue weighted by atomic mass is 16.5. The van der Waals surface area contributed by atoms with Crippen LogP contribution in [0.2, 0.25) is 0 Å². The predicted molar refractivity (Wildman–Crippen MR) is 45.3 cm³/mol. The lowest BCUT2D eigenvalue weighted by Crippen LogP contribution is -2.56. The Kier molecular flexibility index (Phi) is 2.01. The summed E-state index contributed by atoms with van der Waals surface area (Å²) >= 11 is 0. The number of hydrogen-bond acceptors (Lipinski definition) is 2. The van der Waals surface area contributed by atoms with E-state index in [0.717, 1.165) is 12.8 Å². The molecule has 65 valence electrons. The van der Waals surface area contributed by atoms with Crippen LogP contribution in [0.25, 0.3) is 0 Å². The van der Waals surface area contributed by atoms with Gasteiger partial charge in [-0.3, -0.25) is 0 Å². The van der Waals surface area contributed by atoms with Crippen LogP contribution in [0.5, 0.6) is 0 Å². The highest BCUT2D eigenvalue weighted by molar-refractivity contribution is 5.02. The molecular weight excluding hydrogens is 138 g/mol. The minimum atomic E-state index is -0.165. The maximum Gasteiger partial charge on any atom is 0.0441 e. The lowest BCUT2D eigenvalue weighted by Gasteiger charge is -2.48. The Balaban J connectivity index is 2.76. The second-order valence-electron chi connectivity index (χ2n) is 4.52. The van der Waals surface area contributed by atoms with Crippen LogP contribution in [0.15, 0.2) is 0 Å². The van der Waals surface area contributed by atoms with Crippen molar-refractivity contribution in [3.8, 4) is 0 Å². The topological polar surface area (TPSA) is 23.5 Å². The SMILES string of the molecule is CC1(C)[CH]CCC(C)(C)N1O. The van der Waals surface area contributed by atoms with Gasteiger partial charge < -0.3 is 5.21 Å². The normalized spacial score (nSPS) is 30.3. The van der Waals surface area contributed by atoms with Crippen LogP contribution in [-0.4, -0.2) is 21.3 Å². The summed E-state index contributed by atoms with van der Waals surface area (Å²) in [4.78, 5) is 0. The highest BCUT2D eigenvalue weighted by Gasteiger charge is 2.40. The molecule has 1 aliphatic heterocycles. The summed E-state index contributed by atoms with van der Waals surface area (Å²) in [7, 11) is 0. The van der Waals surface area contributed by atoms with Crippen LogP contribution in [0.1, 0.15) is 40.5 Å². The number of rotatable bonds is 0. The number of piperidine rings is 1. The first-order chi connectivity index (χ1) is 4.86. The summed E-state index contributed by atoms with van der Waals surface area (Å²) < 4.78 is 0. The molecule has 1 aliphatic rings. The van der Waals surface area contributed by atoms with E-state index in [9.17, 15) is 5.21 Å². The molecule has 11 heavy (non-hydrogen) atoms. The van der Waals surface area contributed by atoms with Crippen molar-refractivity contribution in [2.75, 3.05) is 0 Å². The van der Waals surface area contributed by atoms with Crippen LogP contribution >= 0.6 is 0 Å². The zero-order valence-electron chi connectivity index (χ0n) is 7.89. The zero-order chi connectivity index (χ0) is 8.70. The van der Waals surface area contributed by atoms with Crippen LogP contribution in [0, 0.1) is 6.42 Å². The van der Waals surface area contributed by atoms with Crippen LogP contribution in [0.4, 0.5) is 0 Å². The Bertz CT molecular complexity index is 136. The zero-order valence-corrected chi connectivity index (χ0v) is 7.89. The molecule has 2 nitrogen and oxygen atoms in total. The minimum absolute atomic E-state index is 0.0712. The molecule has 0 saturated carbocycles. The summed E-state index contributed by atoms with van der Waals surface area (Å²) in [6.45, 7) is 8.21. The van der Waals surface area contributed by atoms with Crippen molar-refractivity contribution >= 4 is 0 Å². The first-order valence-corrected chi connectivity index (χ1v) is 4.20. The molecule has 0 unspecified atom stereocenters. The van der Waals surface area contributed by atoms with Crippen LogP contribution < -0.4 is 0 Å². The summed E-state index contributed by atoms with van der Waals surface area (Å²) in [5.41, 5.74) is -0.236. The Labute approximate surface area is 69.2 Å². The first kappa shape index (κ1) is 9.01. The molecule has 1 saturated heterocycles. The summed E-state index contributed by atoms with van der Waals surface area (Å²) in [6, 6.07) is 0. The molecule has 2 heteroatoms. The largest absolute Gasteiger partial charge is 0.313 e.